The fraction of sp³-hybridized carbons (Fsp3) is 0.500. The summed E-state index contributed by atoms with van der Waals surface area (Å²) in [7, 11) is 0. The van der Waals surface area contributed by atoms with Crippen LogP contribution in [0.2, 0.25) is 0 Å². The zero-order valence-corrected chi connectivity index (χ0v) is 14.4. The van der Waals surface area contributed by atoms with Gasteiger partial charge in [0.1, 0.15) is 12.1 Å². The van der Waals surface area contributed by atoms with Crippen LogP contribution >= 0.6 is 0 Å². The molecule has 2 fully saturated rings. The van der Waals surface area contributed by atoms with Crippen molar-refractivity contribution in [2.75, 3.05) is 25.1 Å². The van der Waals surface area contributed by atoms with Crippen molar-refractivity contribution in [3.63, 3.8) is 0 Å². The van der Waals surface area contributed by atoms with Gasteiger partial charge in [-0.15, -0.1) is 0 Å². The molecule has 2 unspecified atom stereocenters. The van der Waals surface area contributed by atoms with Crippen LogP contribution in [0, 0.1) is 11.3 Å². The van der Waals surface area contributed by atoms with E-state index in [1.54, 1.807) is 6.33 Å². The Bertz CT molecular complexity index is 701. The van der Waals surface area contributed by atoms with Crippen molar-refractivity contribution in [1.82, 2.24) is 9.97 Å². The van der Waals surface area contributed by atoms with E-state index in [1.807, 2.05) is 24.4 Å². The Hall–Kier alpha value is -1.98. The number of benzene rings is 1. The minimum absolute atomic E-state index is 0.0680. The maximum Gasteiger partial charge on any atom is 0.137 e. The second kappa shape index (κ2) is 7.10. The van der Waals surface area contributed by atoms with Gasteiger partial charge in [0.05, 0.1) is 6.10 Å². The summed E-state index contributed by atoms with van der Waals surface area (Å²) in [5.74, 6) is 1.10. The van der Waals surface area contributed by atoms with Gasteiger partial charge < -0.3 is 15.2 Å². The van der Waals surface area contributed by atoms with Gasteiger partial charge in [-0.3, -0.25) is 0 Å². The number of aliphatic hydroxyl groups excluding tert-OH is 1. The minimum Gasteiger partial charge on any atom is -0.392 e. The van der Waals surface area contributed by atoms with Crippen LogP contribution in [0.15, 0.2) is 42.9 Å². The molecular weight excluding hydrogens is 314 g/mol. The maximum atomic E-state index is 10.9. The van der Waals surface area contributed by atoms with Gasteiger partial charge in [0.2, 0.25) is 0 Å². The maximum absolute atomic E-state index is 10.9. The normalized spacial score (nSPS) is 25.2. The highest BCUT2D eigenvalue weighted by Crippen LogP contribution is 2.48. The quantitative estimate of drug-likeness (QED) is 0.896. The van der Waals surface area contributed by atoms with Crippen LogP contribution in [-0.4, -0.2) is 40.9 Å². The summed E-state index contributed by atoms with van der Waals surface area (Å²) < 4.78 is 5.49. The molecule has 0 amide bonds. The molecule has 132 valence electrons. The van der Waals surface area contributed by atoms with Crippen molar-refractivity contribution < 1.29 is 9.84 Å². The molecule has 5 heteroatoms. The van der Waals surface area contributed by atoms with E-state index < -0.39 is 0 Å². The first-order valence-corrected chi connectivity index (χ1v) is 9.14. The molecule has 1 aliphatic heterocycles. The lowest BCUT2D eigenvalue weighted by Gasteiger charge is -2.37. The van der Waals surface area contributed by atoms with Crippen molar-refractivity contribution in [2.24, 2.45) is 11.3 Å². The molecule has 1 saturated carbocycles. The molecule has 1 saturated heterocycles. The molecule has 5 nitrogen and oxygen atoms in total. The summed E-state index contributed by atoms with van der Waals surface area (Å²) in [4.78, 5) is 8.59. The Morgan fingerprint density at radius 1 is 1.16 bits per heavy atom. The predicted octanol–water partition coefficient (Wildman–Crippen LogP) is 3.12. The smallest absolute Gasteiger partial charge is 0.137 e. The van der Waals surface area contributed by atoms with Gasteiger partial charge in [-0.2, -0.15) is 0 Å². The molecule has 1 aliphatic carbocycles. The molecule has 2 heterocycles. The second-order valence-corrected chi connectivity index (χ2v) is 7.25. The first-order valence-electron chi connectivity index (χ1n) is 9.14. The molecule has 4 rings (SSSR count). The summed E-state index contributed by atoms with van der Waals surface area (Å²) in [6.45, 7) is 2.29. The Labute approximate surface area is 148 Å². The van der Waals surface area contributed by atoms with E-state index in [0.29, 0.717) is 0 Å². The van der Waals surface area contributed by atoms with Crippen LogP contribution in [0.3, 0.4) is 0 Å². The highest BCUT2D eigenvalue weighted by molar-refractivity contribution is 5.74. The summed E-state index contributed by atoms with van der Waals surface area (Å²) in [6, 6.07) is 10.2. The number of hydrogen-bond acceptors (Lipinski definition) is 5. The number of hydrogen-bond donors (Lipinski definition) is 2. The topological polar surface area (TPSA) is 67.3 Å². The summed E-state index contributed by atoms with van der Waals surface area (Å²) in [5, 5.41) is 14.4. The zero-order chi connectivity index (χ0) is 17.1. The highest BCUT2D eigenvalue weighted by atomic mass is 16.5. The monoisotopic (exact) mass is 339 g/mol. The van der Waals surface area contributed by atoms with E-state index in [-0.39, 0.29) is 17.4 Å². The lowest BCUT2D eigenvalue weighted by Crippen LogP contribution is -2.40. The fourth-order valence-corrected chi connectivity index (χ4v) is 4.34. The molecule has 2 N–H and O–H groups in total. The van der Waals surface area contributed by atoms with E-state index in [1.165, 1.54) is 0 Å². The highest BCUT2D eigenvalue weighted by Gasteiger charge is 2.47. The Kier molecular flexibility index (Phi) is 4.68. The number of aromatic nitrogens is 2. The van der Waals surface area contributed by atoms with Crippen LogP contribution in [-0.2, 0) is 4.74 Å². The molecule has 2 aromatic rings. The summed E-state index contributed by atoms with van der Waals surface area (Å²) >= 11 is 0. The van der Waals surface area contributed by atoms with Gasteiger partial charge in [0.25, 0.3) is 0 Å². The molecule has 1 aromatic carbocycles. The Morgan fingerprint density at radius 2 is 1.96 bits per heavy atom. The van der Waals surface area contributed by atoms with Crippen molar-refractivity contribution in [1.29, 1.82) is 0 Å². The van der Waals surface area contributed by atoms with E-state index in [0.717, 1.165) is 62.4 Å². The van der Waals surface area contributed by atoms with E-state index in [4.69, 9.17) is 4.74 Å². The number of nitrogens with zero attached hydrogens (tertiary/aromatic N) is 2. The number of aliphatic hydroxyl groups is 1. The van der Waals surface area contributed by atoms with Crippen LogP contribution < -0.4 is 5.32 Å². The first-order chi connectivity index (χ1) is 12.3. The van der Waals surface area contributed by atoms with Crippen molar-refractivity contribution in [3.05, 3.63) is 42.9 Å². The average Bonchev–Trinajstić information content (AvgIpc) is 2.97. The average molecular weight is 339 g/mol. The number of ether oxygens (including phenoxy) is 1. The summed E-state index contributed by atoms with van der Waals surface area (Å²) in [5.41, 5.74) is 2.16. The first kappa shape index (κ1) is 16.5. The standard InChI is InChI=1S/C20H25N3O2/c24-18-16(6-7-20(18)8-10-25-11-9-20)12-22-19-17(13-21-14-23-19)15-4-2-1-3-5-15/h1-5,13-14,16,18,24H,6-12H2,(H,21,22,23). The van der Waals surface area contributed by atoms with Gasteiger partial charge in [-0.1, -0.05) is 30.3 Å². The van der Waals surface area contributed by atoms with E-state index >= 15 is 0 Å². The third-order valence-corrected chi connectivity index (χ3v) is 5.90. The van der Waals surface area contributed by atoms with Crippen LogP contribution in [0.5, 0.6) is 0 Å². The predicted molar refractivity (Wildman–Crippen MR) is 97.2 cm³/mol. The molecular formula is C20H25N3O2. The summed E-state index contributed by atoms with van der Waals surface area (Å²) in [6.07, 6.45) is 7.26. The third kappa shape index (κ3) is 3.26. The largest absolute Gasteiger partial charge is 0.392 e. The zero-order valence-electron chi connectivity index (χ0n) is 14.4. The van der Waals surface area contributed by atoms with Gasteiger partial charge in [-0.05, 0) is 31.2 Å². The lowest BCUT2D eigenvalue weighted by atomic mass is 9.76. The molecule has 1 aromatic heterocycles. The Morgan fingerprint density at radius 3 is 2.76 bits per heavy atom. The van der Waals surface area contributed by atoms with Crippen molar-refractivity contribution >= 4 is 5.82 Å². The third-order valence-electron chi connectivity index (χ3n) is 5.90. The van der Waals surface area contributed by atoms with E-state index in [2.05, 4.69) is 27.4 Å². The fourth-order valence-electron chi connectivity index (χ4n) is 4.34. The molecule has 25 heavy (non-hydrogen) atoms. The van der Waals surface area contributed by atoms with Gasteiger partial charge in [0, 0.05) is 42.9 Å². The Balaban J connectivity index is 1.46. The number of anilines is 1. The van der Waals surface area contributed by atoms with Crippen LogP contribution in [0.25, 0.3) is 11.1 Å². The number of rotatable bonds is 4. The minimum atomic E-state index is -0.258. The molecule has 2 aliphatic rings. The molecule has 0 radical (unpaired) electrons. The van der Waals surface area contributed by atoms with Crippen molar-refractivity contribution in [2.45, 2.75) is 31.8 Å². The number of nitrogens with one attached hydrogen (secondary N) is 1. The van der Waals surface area contributed by atoms with Crippen LogP contribution in [0.4, 0.5) is 5.82 Å². The second-order valence-electron chi connectivity index (χ2n) is 7.25. The SMILES string of the molecule is OC1C(CNc2ncncc2-c2ccccc2)CCC12CCOCC2. The molecule has 0 bridgehead atoms. The van der Waals surface area contributed by atoms with Gasteiger partial charge >= 0.3 is 0 Å². The van der Waals surface area contributed by atoms with Crippen molar-refractivity contribution in [3.8, 4) is 11.1 Å². The van der Waals surface area contributed by atoms with Gasteiger partial charge in [-0.25, -0.2) is 9.97 Å². The molecule has 2 atom stereocenters. The molecule has 1 spiro atoms. The van der Waals surface area contributed by atoms with Gasteiger partial charge in [0.15, 0.2) is 0 Å². The van der Waals surface area contributed by atoms with E-state index in [9.17, 15) is 5.11 Å². The van der Waals surface area contributed by atoms with Crippen LogP contribution in [0.1, 0.15) is 25.7 Å². The lowest BCUT2D eigenvalue weighted by molar-refractivity contribution is -0.0545.